The van der Waals surface area contributed by atoms with E-state index in [-0.39, 0.29) is 10.7 Å². The highest BCUT2D eigenvalue weighted by Gasteiger charge is 2.15. The highest BCUT2D eigenvalue weighted by atomic mass is 35.5. The molecule has 0 saturated carbocycles. The van der Waals surface area contributed by atoms with Crippen molar-refractivity contribution in [3.8, 4) is 11.5 Å². The van der Waals surface area contributed by atoms with Gasteiger partial charge in [0, 0.05) is 16.8 Å². The first kappa shape index (κ1) is 17.8. The molecule has 0 fully saturated rings. The number of rotatable bonds is 3. The molecule has 4 rings (SSSR count). The van der Waals surface area contributed by atoms with Gasteiger partial charge in [-0.15, -0.1) is 0 Å². The highest BCUT2D eigenvalue weighted by molar-refractivity contribution is 6.35. The Morgan fingerprint density at radius 2 is 1.89 bits per heavy atom. The van der Waals surface area contributed by atoms with E-state index >= 15 is 0 Å². The van der Waals surface area contributed by atoms with Crippen LogP contribution in [0.1, 0.15) is 10.4 Å². The molecule has 0 spiro atoms. The number of pyridine rings is 1. The number of hydrogen-bond donors (Lipinski definition) is 1. The van der Waals surface area contributed by atoms with Crippen molar-refractivity contribution in [2.24, 2.45) is 0 Å². The van der Waals surface area contributed by atoms with E-state index in [0.29, 0.717) is 38.3 Å². The summed E-state index contributed by atoms with van der Waals surface area (Å²) in [6, 6.07) is 13.5. The Labute approximate surface area is 168 Å². The lowest BCUT2D eigenvalue weighted by molar-refractivity contribution is 0.102. The number of nitrogens with one attached hydrogen (secondary N) is 1. The van der Waals surface area contributed by atoms with E-state index in [1.807, 2.05) is 0 Å². The standard InChI is InChI=1S/C19H10Cl3N3O2/c20-11-4-6-16-15(9-11)25-19(27-16)10-3-5-13(21)14(8-10)24-18(26)12-2-1-7-23-17(12)22/h1-9H,(H,24,26). The lowest BCUT2D eigenvalue weighted by Gasteiger charge is -2.09. The zero-order valence-electron chi connectivity index (χ0n) is 13.5. The van der Waals surface area contributed by atoms with Gasteiger partial charge in [-0.3, -0.25) is 4.79 Å². The van der Waals surface area contributed by atoms with Gasteiger partial charge in [-0.05, 0) is 48.5 Å². The van der Waals surface area contributed by atoms with Gasteiger partial charge in [0.2, 0.25) is 5.89 Å². The number of hydrogen-bond acceptors (Lipinski definition) is 4. The van der Waals surface area contributed by atoms with Gasteiger partial charge in [-0.25, -0.2) is 9.97 Å². The summed E-state index contributed by atoms with van der Waals surface area (Å²) in [6.45, 7) is 0. The summed E-state index contributed by atoms with van der Waals surface area (Å²) in [5.74, 6) is -0.0321. The third-order valence-electron chi connectivity index (χ3n) is 3.81. The molecule has 0 aliphatic carbocycles. The Bertz CT molecular complexity index is 1170. The third kappa shape index (κ3) is 3.62. The van der Waals surface area contributed by atoms with Crippen molar-refractivity contribution in [3.63, 3.8) is 0 Å². The largest absolute Gasteiger partial charge is 0.436 e. The van der Waals surface area contributed by atoms with Crippen LogP contribution >= 0.6 is 34.8 Å². The molecular weight excluding hydrogens is 409 g/mol. The molecule has 0 aliphatic rings. The Kier molecular flexibility index (Phi) is 4.74. The number of carbonyl (C=O) groups excluding carboxylic acids is 1. The molecule has 5 nitrogen and oxygen atoms in total. The van der Waals surface area contributed by atoms with Crippen molar-refractivity contribution in [2.75, 3.05) is 5.32 Å². The first-order valence-electron chi connectivity index (χ1n) is 7.79. The number of anilines is 1. The number of aromatic nitrogens is 2. The molecule has 8 heteroatoms. The molecule has 2 heterocycles. The van der Waals surface area contributed by atoms with Crippen LogP contribution in [0.25, 0.3) is 22.6 Å². The molecule has 134 valence electrons. The van der Waals surface area contributed by atoms with Gasteiger partial charge in [0.05, 0.1) is 16.3 Å². The zero-order valence-corrected chi connectivity index (χ0v) is 15.8. The summed E-state index contributed by atoms with van der Waals surface area (Å²) in [7, 11) is 0. The first-order valence-corrected chi connectivity index (χ1v) is 8.92. The van der Waals surface area contributed by atoms with Crippen molar-refractivity contribution in [3.05, 3.63) is 75.5 Å². The minimum absolute atomic E-state index is 0.109. The van der Waals surface area contributed by atoms with E-state index < -0.39 is 5.91 Å². The van der Waals surface area contributed by atoms with Crippen LogP contribution < -0.4 is 5.32 Å². The number of oxazole rings is 1. The van der Waals surface area contributed by atoms with Crippen molar-refractivity contribution in [1.82, 2.24) is 9.97 Å². The zero-order chi connectivity index (χ0) is 19.0. The van der Waals surface area contributed by atoms with E-state index in [9.17, 15) is 4.79 Å². The van der Waals surface area contributed by atoms with E-state index in [4.69, 9.17) is 39.2 Å². The second-order valence-corrected chi connectivity index (χ2v) is 6.82. The SMILES string of the molecule is O=C(Nc1cc(-c2nc3cc(Cl)ccc3o2)ccc1Cl)c1cccnc1Cl. The van der Waals surface area contributed by atoms with E-state index in [1.165, 1.54) is 6.20 Å². The van der Waals surface area contributed by atoms with Crippen LogP contribution in [0.2, 0.25) is 15.2 Å². The van der Waals surface area contributed by atoms with Gasteiger partial charge < -0.3 is 9.73 Å². The smallest absolute Gasteiger partial charge is 0.258 e. The minimum Gasteiger partial charge on any atom is -0.436 e. The fraction of sp³-hybridized carbons (Fsp3) is 0. The number of fused-ring (bicyclic) bond motifs is 1. The van der Waals surface area contributed by atoms with Crippen molar-refractivity contribution >= 4 is 57.5 Å². The highest BCUT2D eigenvalue weighted by Crippen LogP contribution is 2.31. The molecule has 4 aromatic rings. The maximum absolute atomic E-state index is 12.5. The van der Waals surface area contributed by atoms with E-state index in [0.717, 1.165) is 0 Å². The Morgan fingerprint density at radius 3 is 2.70 bits per heavy atom. The summed E-state index contributed by atoms with van der Waals surface area (Å²) in [6.07, 6.45) is 1.51. The second-order valence-electron chi connectivity index (χ2n) is 5.62. The number of amides is 1. The van der Waals surface area contributed by atoms with Crippen molar-refractivity contribution in [1.29, 1.82) is 0 Å². The Hall–Kier alpha value is -2.60. The van der Waals surface area contributed by atoms with E-state index in [1.54, 1.807) is 48.5 Å². The molecule has 1 amide bonds. The summed E-state index contributed by atoms with van der Waals surface area (Å²) in [4.78, 5) is 20.8. The Morgan fingerprint density at radius 1 is 1.04 bits per heavy atom. The quantitative estimate of drug-likeness (QED) is 0.408. The monoisotopic (exact) mass is 417 g/mol. The molecular formula is C19H10Cl3N3O2. The van der Waals surface area contributed by atoms with Crippen molar-refractivity contribution in [2.45, 2.75) is 0 Å². The summed E-state index contributed by atoms with van der Waals surface area (Å²) in [5.41, 5.74) is 2.55. The van der Waals surface area contributed by atoms with Crippen LogP contribution in [0, 0.1) is 0 Å². The van der Waals surface area contributed by atoms with Crippen LogP contribution in [0.15, 0.2) is 59.1 Å². The number of halogens is 3. The topological polar surface area (TPSA) is 68.0 Å². The number of carbonyl (C=O) groups is 1. The molecule has 0 aliphatic heterocycles. The van der Waals surface area contributed by atoms with Crippen LogP contribution in [0.4, 0.5) is 5.69 Å². The average molecular weight is 419 g/mol. The van der Waals surface area contributed by atoms with E-state index in [2.05, 4.69) is 15.3 Å². The van der Waals surface area contributed by atoms with Crippen LogP contribution in [-0.4, -0.2) is 15.9 Å². The maximum atomic E-state index is 12.5. The fourth-order valence-electron chi connectivity index (χ4n) is 2.52. The Balaban J connectivity index is 1.68. The van der Waals surface area contributed by atoms with Crippen LogP contribution in [0.3, 0.4) is 0 Å². The molecule has 1 N–H and O–H groups in total. The van der Waals surface area contributed by atoms with Gasteiger partial charge >= 0.3 is 0 Å². The third-order valence-corrected chi connectivity index (χ3v) is 4.68. The predicted molar refractivity (Wildman–Crippen MR) is 107 cm³/mol. The lowest BCUT2D eigenvalue weighted by atomic mass is 10.2. The molecule has 0 atom stereocenters. The molecule has 2 aromatic heterocycles. The van der Waals surface area contributed by atoms with Crippen molar-refractivity contribution < 1.29 is 9.21 Å². The van der Waals surface area contributed by atoms with Gasteiger partial charge in [-0.1, -0.05) is 34.8 Å². The molecule has 27 heavy (non-hydrogen) atoms. The summed E-state index contributed by atoms with van der Waals surface area (Å²) in [5, 5.41) is 3.78. The number of benzene rings is 2. The van der Waals surface area contributed by atoms with Crippen LogP contribution in [-0.2, 0) is 0 Å². The summed E-state index contributed by atoms with van der Waals surface area (Å²) < 4.78 is 5.76. The molecule has 0 unspecified atom stereocenters. The second kappa shape index (κ2) is 7.19. The van der Waals surface area contributed by atoms with Crippen LogP contribution in [0.5, 0.6) is 0 Å². The number of nitrogens with zero attached hydrogens (tertiary/aromatic N) is 2. The van der Waals surface area contributed by atoms with Gasteiger partial charge in [0.1, 0.15) is 10.7 Å². The molecule has 0 radical (unpaired) electrons. The first-order chi connectivity index (χ1) is 13.0. The molecule has 0 saturated heterocycles. The van der Waals surface area contributed by atoms with Gasteiger partial charge in [-0.2, -0.15) is 0 Å². The maximum Gasteiger partial charge on any atom is 0.258 e. The molecule has 0 bridgehead atoms. The molecule has 2 aromatic carbocycles. The lowest BCUT2D eigenvalue weighted by Crippen LogP contribution is -2.13. The summed E-state index contributed by atoms with van der Waals surface area (Å²) >= 11 is 18.2. The van der Waals surface area contributed by atoms with Gasteiger partial charge in [0.25, 0.3) is 5.91 Å². The van der Waals surface area contributed by atoms with Gasteiger partial charge in [0.15, 0.2) is 5.58 Å². The normalized spacial score (nSPS) is 10.9. The average Bonchev–Trinajstić information content (AvgIpc) is 3.07. The minimum atomic E-state index is -0.420. The predicted octanol–water partition coefficient (Wildman–Crippen LogP) is 6.10. The fourth-order valence-corrected chi connectivity index (χ4v) is 3.06.